The minimum absolute atomic E-state index is 0.0159. The van der Waals surface area contributed by atoms with Gasteiger partial charge in [-0.15, -0.1) is 0 Å². The predicted molar refractivity (Wildman–Crippen MR) is 127 cm³/mol. The topological polar surface area (TPSA) is 85.2 Å². The quantitative estimate of drug-likeness (QED) is 0.294. The molecule has 0 spiro atoms. The fraction of sp³-hybridized carbons (Fsp3) is 0.593. The number of carbonyl (C=O) groups excluding carboxylic acids is 1. The number of rotatable bonds is 11. The summed E-state index contributed by atoms with van der Waals surface area (Å²) in [6, 6.07) is 9.40. The summed E-state index contributed by atoms with van der Waals surface area (Å²) in [4.78, 5) is 11.7. The molecule has 33 heavy (non-hydrogen) atoms. The Morgan fingerprint density at radius 3 is 2.79 bits per heavy atom. The molecule has 2 aliphatic rings. The molecule has 1 aromatic rings. The highest BCUT2D eigenvalue weighted by Gasteiger charge is 2.42. The Morgan fingerprint density at radius 2 is 2.03 bits per heavy atom. The molecule has 1 heterocycles. The van der Waals surface area contributed by atoms with Crippen LogP contribution in [0.3, 0.4) is 0 Å². The number of aliphatic hydroxyl groups excluding tert-OH is 2. The molecule has 5 atom stereocenters. The molecule has 1 aromatic carbocycles. The Balaban J connectivity index is 1.45. The molecule has 1 aliphatic carbocycles. The molecular formula is C27H38O6. The first-order valence-corrected chi connectivity index (χ1v) is 12.1. The van der Waals surface area contributed by atoms with Crippen molar-refractivity contribution < 1.29 is 29.2 Å². The van der Waals surface area contributed by atoms with Crippen LogP contribution < -0.4 is 4.74 Å². The maximum atomic E-state index is 11.7. The van der Waals surface area contributed by atoms with Gasteiger partial charge in [0.05, 0.1) is 24.9 Å². The second-order valence-electron chi connectivity index (χ2n) is 9.31. The first-order chi connectivity index (χ1) is 15.9. The van der Waals surface area contributed by atoms with Crippen LogP contribution >= 0.6 is 0 Å². The molecule has 0 saturated heterocycles. The number of carbonyl (C=O) groups is 1. The molecule has 0 aromatic heterocycles. The van der Waals surface area contributed by atoms with Crippen LogP contribution in [0.5, 0.6) is 5.75 Å². The second kappa shape index (κ2) is 12.9. The third-order valence-electron chi connectivity index (χ3n) is 6.27. The normalized spacial score (nSPS) is 26.0. The molecule has 0 radical (unpaired) electrons. The largest absolute Gasteiger partial charge is 0.491 e. The molecule has 0 bridgehead atoms. The van der Waals surface area contributed by atoms with Gasteiger partial charge in [0.1, 0.15) is 18.5 Å². The summed E-state index contributed by atoms with van der Waals surface area (Å²) in [6.07, 6.45) is 9.19. The Bertz CT molecular complexity index is 787. The van der Waals surface area contributed by atoms with Gasteiger partial charge in [-0.3, -0.25) is 4.79 Å². The predicted octanol–water partition coefficient (Wildman–Crippen LogP) is 4.21. The third kappa shape index (κ3) is 8.29. The van der Waals surface area contributed by atoms with E-state index in [0.29, 0.717) is 19.4 Å². The lowest BCUT2D eigenvalue weighted by Crippen LogP contribution is -2.22. The Labute approximate surface area is 197 Å². The number of benzene rings is 1. The van der Waals surface area contributed by atoms with Crippen molar-refractivity contribution in [2.45, 2.75) is 76.8 Å². The zero-order chi connectivity index (χ0) is 23.6. The van der Waals surface area contributed by atoms with Crippen LogP contribution in [0.15, 0.2) is 54.1 Å². The van der Waals surface area contributed by atoms with E-state index < -0.39 is 12.2 Å². The molecule has 0 amide bonds. The number of esters is 1. The molecule has 3 rings (SSSR count). The van der Waals surface area contributed by atoms with Gasteiger partial charge in [-0.2, -0.15) is 0 Å². The molecule has 6 nitrogen and oxygen atoms in total. The number of para-hydroxylation sites is 1. The first kappa shape index (κ1) is 25.5. The van der Waals surface area contributed by atoms with Crippen molar-refractivity contribution in [1.82, 2.24) is 0 Å². The number of allylic oxidation sites excluding steroid dienone is 1. The van der Waals surface area contributed by atoms with Gasteiger partial charge in [0, 0.05) is 18.8 Å². The fourth-order valence-corrected chi connectivity index (χ4v) is 4.58. The first-order valence-electron chi connectivity index (χ1n) is 12.1. The van der Waals surface area contributed by atoms with E-state index in [0.717, 1.165) is 31.4 Å². The zero-order valence-electron chi connectivity index (χ0n) is 19.8. The molecule has 1 aliphatic heterocycles. The Morgan fingerprint density at radius 1 is 1.24 bits per heavy atom. The summed E-state index contributed by atoms with van der Waals surface area (Å²) >= 11 is 0. The molecule has 6 heteroatoms. The van der Waals surface area contributed by atoms with Crippen LogP contribution in [0, 0.1) is 11.8 Å². The van der Waals surface area contributed by atoms with Crippen molar-refractivity contribution in [3.63, 3.8) is 0 Å². The van der Waals surface area contributed by atoms with Gasteiger partial charge in [-0.1, -0.05) is 36.4 Å². The van der Waals surface area contributed by atoms with Crippen LogP contribution in [0.4, 0.5) is 0 Å². The van der Waals surface area contributed by atoms with Crippen LogP contribution in [0.2, 0.25) is 0 Å². The molecule has 1 saturated carbocycles. The Kier molecular flexibility index (Phi) is 9.97. The summed E-state index contributed by atoms with van der Waals surface area (Å²) in [5.41, 5.74) is 1.26. The lowest BCUT2D eigenvalue weighted by atomic mass is 9.89. The molecule has 182 valence electrons. The maximum Gasteiger partial charge on any atom is 0.306 e. The number of hydrogen-bond donors (Lipinski definition) is 2. The molecule has 0 unspecified atom stereocenters. The van der Waals surface area contributed by atoms with Crippen molar-refractivity contribution >= 4 is 5.97 Å². The summed E-state index contributed by atoms with van der Waals surface area (Å²) in [5, 5.41) is 20.9. The highest BCUT2D eigenvalue weighted by molar-refractivity contribution is 5.69. The number of unbranched alkanes of at least 4 members (excludes halogenated alkanes) is 1. The average Bonchev–Trinajstić information content (AvgIpc) is 2.95. The van der Waals surface area contributed by atoms with Crippen molar-refractivity contribution in [3.8, 4) is 5.75 Å². The lowest BCUT2D eigenvalue weighted by molar-refractivity contribution is -0.147. The smallest absolute Gasteiger partial charge is 0.306 e. The van der Waals surface area contributed by atoms with Gasteiger partial charge in [-0.25, -0.2) is 0 Å². The minimum Gasteiger partial charge on any atom is -0.491 e. The Hall–Kier alpha value is -2.15. The van der Waals surface area contributed by atoms with E-state index in [-0.39, 0.29) is 36.6 Å². The van der Waals surface area contributed by atoms with Gasteiger partial charge < -0.3 is 24.4 Å². The van der Waals surface area contributed by atoms with E-state index >= 15 is 0 Å². The lowest BCUT2D eigenvalue weighted by Gasteiger charge is -2.20. The van der Waals surface area contributed by atoms with Crippen LogP contribution in [0.1, 0.15) is 52.4 Å². The summed E-state index contributed by atoms with van der Waals surface area (Å²) in [5.74, 6) is 0.725. The highest BCUT2D eigenvalue weighted by Crippen LogP contribution is 2.40. The van der Waals surface area contributed by atoms with Crippen LogP contribution in [0.25, 0.3) is 0 Å². The standard InChI is InChI=1S/C27H38O6/c1-19(2)33-27(30)11-7-6-8-20-12-14-24-23(25(29)16-26(24)32-17-20)15-13-21(28)18-31-22-9-4-3-5-10-22/h3-5,9-10,12-13,15,19,21,23-26,28-29H,6-8,11,14,16-18H2,1-2H3/b15-13+/t21-,23-,24-,25-,26+/m1/s1. The highest BCUT2D eigenvalue weighted by atomic mass is 16.5. The second-order valence-corrected chi connectivity index (χ2v) is 9.31. The number of ether oxygens (including phenoxy) is 3. The zero-order valence-corrected chi connectivity index (χ0v) is 19.8. The SMILES string of the molecule is CC(C)OC(=O)CCCCC1=CC[C@@H]2[C@@H](/C=C/[C@@H](O)COc3ccccc3)[C@H](O)C[C@@H]2OC1. The summed E-state index contributed by atoms with van der Waals surface area (Å²) in [6.45, 7) is 4.47. The van der Waals surface area contributed by atoms with E-state index in [1.807, 2.05) is 50.3 Å². The van der Waals surface area contributed by atoms with E-state index in [2.05, 4.69) is 6.08 Å². The van der Waals surface area contributed by atoms with E-state index in [9.17, 15) is 15.0 Å². The maximum absolute atomic E-state index is 11.7. The summed E-state index contributed by atoms with van der Waals surface area (Å²) in [7, 11) is 0. The van der Waals surface area contributed by atoms with Gasteiger partial charge in [0.25, 0.3) is 0 Å². The van der Waals surface area contributed by atoms with Gasteiger partial charge in [-0.05, 0) is 63.2 Å². The van der Waals surface area contributed by atoms with E-state index in [4.69, 9.17) is 14.2 Å². The molecular weight excluding hydrogens is 420 g/mol. The van der Waals surface area contributed by atoms with E-state index in [1.165, 1.54) is 5.57 Å². The van der Waals surface area contributed by atoms with Crippen molar-refractivity contribution in [3.05, 3.63) is 54.1 Å². The fourth-order valence-electron chi connectivity index (χ4n) is 4.58. The molecule has 1 fully saturated rings. The monoisotopic (exact) mass is 458 g/mol. The van der Waals surface area contributed by atoms with E-state index in [1.54, 1.807) is 6.08 Å². The molecule has 2 N–H and O–H groups in total. The van der Waals surface area contributed by atoms with Crippen molar-refractivity contribution in [2.75, 3.05) is 13.2 Å². The van der Waals surface area contributed by atoms with Crippen molar-refractivity contribution in [1.29, 1.82) is 0 Å². The van der Waals surface area contributed by atoms with Crippen molar-refractivity contribution in [2.24, 2.45) is 11.8 Å². The number of fused-ring (bicyclic) bond motifs is 1. The number of hydrogen-bond acceptors (Lipinski definition) is 6. The van der Waals surface area contributed by atoms with Crippen LogP contribution in [-0.2, 0) is 14.3 Å². The van der Waals surface area contributed by atoms with Crippen LogP contribution in [-0.4, -0.2) is 53.8 Å². The average molecular weight is 459 g/mol. The van der Waals surface area contributed by atoms with Gasteiger partial charge in [0.2, 0.25) is 0 Å². The third-order valence-corrected chi connectivity index (χ3v) is 6.27. The minimum atomic E-state index is -0.739. The van der Waals surface area contributed by atoms with Gasteiger partial charge >= 0.3 is 5.97 Å². The van der Waals surface area contributed by atoms with Gasteiger partial charge in [0.15, 0.2) is 0 Å². The number of aliphatic hydroxyl groups is 2. The summed E-state index contributed by atoms with van der Waals surface area (Å²) < 4.78 is 16.9.